The Labute approximate surface area is 207 Å². The minimum atomic E-state index is -0.928. The van der Waals surface area contributed by atoms with Gasteiger partial charge >= 0.3 is 0 Å². The summed E-state index contributed by atoms with van der Waals surface area (Å²) in [5.74, 6) is -1.09. The molecule has 0 aliphatic carbocycles. The van der Waals surface area contributed by atoms with Crippen LogP contribution in [0.5, 0.6) is 0 Å². The van der Waals surface area contributed by atoms with Crippen molar-refractivity contribution in [2.24, 2.45) is 0 Å². The number of anilines is 1. The van der Waals surface area contributed by atoms with E-state index in [0.717, 1.165) is 18.4 Å². The van der Waals surface area contributed by atoms with E-state index in [1.165, 1.54) is 24.3 Å². The molecule has 184 valence electrons. The van der Waals surface area contributed by atoms with Crippen LogP contribution in [-0.2, 0) is 20.9 Å². The molecule has 36 heavy (non-hydrogen) atoms. The van der Waals surface area contributed by atoms with E-state index in [1.807, 2.05) is 54.6 Å². The third kappa shape index (κ3) is 5.26. The second-order valence-electron chi connectivity index (χ2n) is 8.73. The lowest BCUT2D eigenvalue weighted by Gasteiger charge is -2.33. The number of carbonyl (C=O) groups excluding carboxylic acids is 2. The van der Waals surface area contributed by atoms with Crippen molar-refractivity contribution in [3.8, 4) is 0 Å². The zero-order chi connectivity index (χ0) is 24.9. The third-order valence-electron chi connectivity index (χ3n) is 6.24. The summed E-state index contributed by atoms with van der Waals surface area (Å²) in [6.45, 7) is 0.792. The summed E-state index contributed by atoms with van der Waals surface area (Å²) in [4.78, 5) is 29.0. The van der Waals surface area contributed by atoms with Gasteiger partial charge in [0.15, 0.2) is 0 Å². The molecule has 3 aromatic carbocycles. The summed E-state index contributed by atoms with van der Waals surface area (Å²) in [6, 6.07) is 21.1. The predicted octanol–water partition coefficient (Wildman–Crippen LogP) is 3.96. The van der Waals surface area contributed by atoms with E-state index in [4.69, 9.17) is 4.74 Å². The SMILES string of the molecule is O=C(Nc1ccc(F)cc1)C(c1ccccc1)N(CC1CCCO1)C(=O)Cn1nnc2ccccc21. The van der Waals surface area contributed by atoms with Crippen molar-refractivity contribution < 1.29 is 18.7 Å². The van der Waals surface area contributed by atoms with Crippen LogP contribution in [0.15, 0.2) is 78.9 Å². The highest BCUT2D eigenvalue weighted by Gasteiger charge is 2.34. The molecule has 1 saturated heterocycles. The van der Waals surface area contributed by atoms with Gasteiger partial charge in [-0.15, -0.1) is 5.10 Å². The molecule has 1 fully saturated rings. The molecule has 1 aromatic heterocycles. The lowest BCUT2D eigenvalue weighted by atomic mass is 10.0. The zero-order valence-electron chi connectivity index (χ0n) is 19.6. The van der Waals surface area contributed by atoms with E-state index in [0.29, 0.717) is 23.4 Å². The molecule has 0 radical (unpaired) electrons. The first-order valence-corrected chi connectivity index (χ1v) is 11.9. The number of ether oxygens (including phenoxy) is 1. The average molecular weight is 488 g/mol. The summed E-state index contributed by atoms with van der Waals surface area (Å²) in [6.07, 6.45) is 1.53. The van der Waals surface area contributed by atoms with Gasteiger partial charge in [0.2, 0.25) is 5.91 Å². The number of benzene rings is 3. The Morgan fingerprint density at radius 1 is 1.06 bits per heavy atom. The molecule has 4 aromatic rings. The van der Waals surface area contributed by atoms with Crippen molar-refractivity contribution >= 4 is 28.5 Å². The molecule has 2 unspecified atom stereocenters. The summed E-state index contributed by atoms with van der Waals surface area (Å²) < 4.78 is 20.8. The van der Waals surface area contributed by atoms with Crippen molar-refractivity contribution in [3.63, 3.8) is 0 Å². The van der Waals surface area contributed by atoms with Gasteiger partial charge in [0.25, 0.3) is 5.91 Å². The van der Waals surface area contributed by atoms with E-state index in [2.05, 4.69) is 15.6 Å². The molecule has 0 spiro atoms. The van der Waals surface area contributed by atoms with Crippen LogP contribution in [0, 0.1) is 5.82 Å². The third-order valence-corrected chi connectivity index (χ3v) is 6.24. The number of rotatable bonds is 8. The van der Waals surface area contributed by atoms with E-state index < -0.39 is 17.8 Å². The molecule has 0 saturated carbocycles. The second kappa shape index (κ2) is 10.7. The van der Waals surface area contributed by atoms with Gasteiger partial charge in [-0.25, -0.2) is 9.07 Å². The summed E-state index contributed by atoms with van der Waals surface area (Å²) in [5.41, 5.74) is 2.51. The topological polar surface area (TPSA) is 89.4 Å². The van der Waals surface area contributed by atoms with Gasteiger partial charge in [-0.3, -0.25) is 9.59 Å². The number of carbonyl (C=O) groups is 2. The highest BCUT2D eigenvalue weighted by atomic mass is 19.1. The summed E-state index contributed by atoms with van der Waals surface area (Å²) in [7, 11) is 0. The maximum atomic E-state index is 13.8. The van der Waals surface area contributed by atoms with Crippen LogP contribution < -0.4 is 5.32 Å². The number of hydrogen-bond donors (Lipinski definition) is 1. The highest BCUT2D eigenvalue weighted by Crippen LogP contribution is 2.26. The number of amides is 2. The maximum absolute atomic E-state index is 13.8. The molecular formula is C27H26FN5O3. The van der Waals surface area contributed by atoms with Gasteiger partial charge in [0.1, 0.15) is 23.9 Å². The minimum absolute atomic E-state index is 0.0829. The molecule has 2 heterocycles. The normalized spacial score (nSPS) is 16.1. The number of para-hydroxylation sites is 1. The Hall–Kier alpha value is -4.11. The first-order chi connectivity index (χ1) is 17.6. The summed E-state index contributed by atoms with van der Waals surface area (Å²) >= 11 is 0. The van der Waals surface area contributed by atoms with Gasteiger partial charge in [0.05, 0.1) is 11.6 Å². The van der Waals surface area contributed by atoms with Crippen LogP contribution in [0.2, 0.25) is 0 Å². The molecule has 9 heteroatoms. The Bertz CT molecular complexity index is 1340. The molecular weight excluding hydrogens is 461 g/mol. The van der Waals surface area contributed by atoms with Crippen molar-refractivity contribution in [3.05, 3.63) is 90.2 Å². The fourth-order valence-corrected chi connectivity index (χ4v) is 4.46. The van der Waals surface area contributed by atoms with Crippen LogP contribution in [-0.4, -0.2) is 51.0 Å². The summed E-state index contributed by atoms with van der Waals surface area (Å²) in [5, 5.41) is 11.1. The quantitative estimate of drug-likeness (QED) is 0.406. The maximum Gasteiger partial charge on any atom is 0.251 e. The number of nitrogens with zero attached hydrogens (tertiary/aromatic N) is 4. The number of nitrogens with one attached hydrogen (secondary N) is 1. The van der Waals surface area contributed by atoms with Crippen molar-refractivity contribution in [1.82, 2.24) is 19.9 Å². The Morgan fingerprint density at radius 3 is 2.56 bits per heavy atom. The molecule has 2 atom stereocenters. The minimum Gasteiger partial charge on any atom is -0.376 e. The van der Waals surface area contributed by atoms with Gasteiger partial charge in [-0.1, -0.05) is 47.7 Å². The van der Waals surface area contributed by atoms with Crippen molar-refractivity contribution in [1.29, 1.82) is 0 Å². The van der Waals surface area contributed by atoms with Crippen LogP contribution >= 0.6 is 0 Å². The van der Waals surface area contributed by atoms with E-state index in [9.17, 15) is 14.0 Å². The highest BCUT2D eigenvalue weighted by molar-refractivity contribution is 5.98. The average Bonchev–Trinajstić information content (AvgIpc) is 3.56. The smallest absolute Gasteiger partial charge is 0.251 e. The Balaban J connectivity index is 1.48. The van der Waals surface area contributed by atoms with Gasteiger partial charge in [-0.2, -0.15) is 0 Å². The molecule has 8 nitrogen and oxygen atoms in total. The first-order valence-electron chi connectivity index (χ1n) is 11.9. The molecule has 1 aliphatic heterocycles. The lowest BCUT2D eigenvalue weighted by Crippen LogP contribution is -2.46. The van der Waals surface area contributed by atoms with Crippen LogP contribution in [0.3, 0.4) is 0 Å². The van der Waals surface area contributed by atoms with E-state index >= 15 is 0 Å². The fraction of sp³-hybridized carbons (Fsp3) is 0.259. The molecule has 0 bridgehead atoms. The molecule has 2 amide bonds. The van der Waals surface area contributed by atoms with Crippen LogP contribution in [0.1, 0.15) is 24.4 Å². The van der Waals surface area contributed by atoms with E-state index in [-0.39, 0.29) is 25.1 Å². The molecule has 1 aliphatic rings. The van der Waals surface area contributed by atoms with Gasteiger partial charge in [-0.05, 0) is 54.8 Å². The van der Waals surface area contributed by atoms with Crippen LogP contribution in [0.25, 0.3) is 11.0 Å². The largest absolute Gasteiger partial charge is 0.376 e. The van der Waals surface area contributed by atoms with E-state index in [1.54, 1.807) is 9.58 Å². The predicted molar refractivity (Wildman–Crippen MR) is 132 cm³/mol. The Morgan fingerprint density at radius 2 is 1.81 bits per heavy atom. The van der Waals surface area contributed by atoms with Crippen molar-refractivity contribution in [2.45, 2.75) is 31.5 Å². The first kappa shape index (κ1) is 23.6. The monoisotopic (exact) mass is 487 g/mol. The fourth-order valence-electron chi connectivity index (χ4n) is 4.46. The lowest BCUT2D eigenvalue weighted by molar-refractivity contribution is -0.141. The molecule has 1 N–H and O–H groups in total. The number of aromatic nitrogens is 3. The van der Waals surface area contributed by atoms with Gasteiger partial charge in [0, 0.05) is 18.8 Å². The standard InChI is InChI=1S/C27H26FN5O3/c28-20-12-14-21(15-13-20)29-27(35)26(19-7-2-1-3-8-19)32(17-22-9-6-16-36-22)25(34)18-33-24-11-5-4-10-23(24)30-31-33/h1-5,7-8,10-15,22,26H,6,9,16-18H2,(H,29,35). The Kier molecular flexibility index (Phi) is 6.99. The van der Waals surface area contributed by atoms with Crippen molar-refractivity contribution in [2.75, 3.05) is 18.5 Å². The number of halogens is 1. The molecule has 5 rings (SSSR count). The number of hydrogen-bond acceptors (Lipinski definition) is 5. The number of fused-ring (bicyclic) bond motifs is 1. The van der Waals surface area contributed by atoms with Crippen LogP contribution in [0.4, 0.5) is 10.1 Å². The van der Waals surface area contributed by atoms with Gasteiger partial charge < -0.3 is 15.0 Å². The zero-order valence-corrected chi connectivity index (χ0v) is 19.6. The second-order valence-corrected chi connectivity index (χ2v) is 8.73.